The van der Waals surface area contributed by atoms with Crippen molar-refractivity contribution < 1.29 is 18.7 Å². The van der Waals surface area contributed by atoms with Crippen molar-refractivity contribution in [3.63, 3.8) is 0 Å². The molecule has 1 amide bonds. The van der Waals surface area contributed by atoms with E-state index in [1.54, 1.807) is 47.0 Å². The van der Waals surface area contributed by atoms with Gasteiger partial charge in [0.25, 0.3) is 5.91 Å². The first-order valence-corrected chi connectivity index (χ1v) is 14.4. The number of nitrogens with two attached hydrogens (primary N) is 1. The van der Waals surface area contributed by atoms with Gasteiger partial charge in [-0.15, -0.1) is 0 Å². The zero-order valence-electron chi connectivity index (χ0n) is 25.0. The van der Waals surface area contributed by atoms with Gasteiger partial charge in [-0.25, -0.2) is 19.0 Å². The maximum atomic E-state index is 15.5. The highest BCUT2D eigenvalue weighted by Crippen LogP contribution is 2.35. The van der Waals surface area contributed by atoms with Gasteiger partial charge >= 0.3 is 0 Å². The monoisotopic (exact) mass is 598 g/mol. The lowest BCUT2D eigenvalue weighted by atomic mass is 10.0. The number of halogens is 1. The molecule has 2 aromatic carbocycles. The van der Waals surface area contributed by atoms with Crippen molar-refractivity contribution in [2.45, 2.75) is 44.8 Å². The molecule has 1 aliphatic heterocycles. The normalized spacial score (nSPS) is 15.5. The summed E-state index contributed by atoms with van der Waals surface area (Å²) in [6, 6.07) is 15.5. The smallest absolute Gasteiger partial charge is 0.264 e. The molecule has 1 saturated heterocycles. The number of para-hydroxylation sites is 1. The third-order valence-electron chi connectivity index (χ3n) is 7.50. The van der Waals surface area contributed by atoms with Gasteiger partial charge in [0.05, 0.1) is 24.6 Å². The number of aromatic nitrogens is 4. The van der Waals surface area contributed by atoms with Gasteiger partial charge in [0.1, 0.15) is 46.8 Å². The number of amides is 1. The fourth-order valence-electron chi connectivity index (χ4n) is 5.40. The molecule has 0 bridgehead atoms. The van der Waals surface area contributed by atoms with E-state index in [4.69, 9.17) is 20.3 Å². The number of nitrogens with one attached hydrogen (secondary N) is 1. The number of nitrogens with zero attached hydrogens (tertiary/aromatic N) is 6. The second-order valence-electron chi connectivity index (χ2n) is 11.2. The summed E-state index contributed by atoms with van der Waals surface area (Å²) in [6.07, 6.45) is 4.46. The van der Waals surface area contributed by atoms with Gasteiger partial charge in [-0.1, -0.05) is 18.2 Å². The summed E-state index contributed by atoms with van der Waals surface area (Å²) in [6.45, 7) is 5.66. The highest BCUT2D eigenvalue weighted by molar-refractivity contribution is 5.99. The maximum Gasteiger partial charge on any atom is 0.264 e. The van der Waals surface area contributed by atoms with E-state index in [-0.39, 0.29) is 35.4 Å². The lowest BCUT2D eigenvalue weighted by Gasteiger charge is -2.27. The Morgan fingerprint density at radius 2 is 2.02 bits per heavy atom. The summed E-state index contributed by atoms with van der Waals surface area (Å²) < 4.78 is 28.0. The SMILES string of the molecule is COCCNC(C)(C)C=C(C#N)C(=O)N1CCC[C@@H]1Cn1nc(-c2ccc(Oc3ccccc3)cc2F)c2c(N)ncnc21. The lowest BCUT2D eigenvalue weighted by Crippen LogP contribution is -2.42. The molecule has 44 heavy (non-hydrogen) atoms. The Labute approximate surface area is 255 Å². The number of fused-ring (bicyclic) bond motifs is 1. The average Bonchev–Trinajstić information content (AvgIpc) is 3.62. The Hall–Kier alpha value is -4.86. The molecule has 0 aliphatic carbocycles. The summed E-state index contributed by atoms with van der Waals surface area (Å²) in [5.41, 5.74) is 6.66. The molecule has 12 heteroatoms. The number of rotatable bonds is 11. The number of likely N-dealkylation sites (tertiary alicyclic amines) is 1. The van der Waals surface area contributed by atoms with E-state index in [1.165, 1.54) is 12.4 Å². The van der Waals surface area contributed by atoms with Crippen molar-refractivity contribution in [2.24, 2.45) is 0 Å². The van der Waals surface area contributed by atoms with E-state index < -0.39 is 11.4 Å². The number of nitrogen functional groups attached to an aromatic ring is 1. The summed E-state index contributed by atoms with van der Waals surface area (Å²) in [5.74, 6) is 0.198. The van der Waals surface area contributed by atoms with Crippen LogP contribution in [0.15, 0.2) is 66.5 Å². The van der Waals surface area contributed by atoms with Crippen LogP contribution in [0.25, 0.3) is 22.3 Å². The Bertz CT molecular complexity index is 1710. The first-order valence-electron chi connectivity index (χ1n) is 14.4. The number of nitriles is 1. The largest absolute Gasteiger partial charge is 0.457 e. The van der Waals surface area contributed by atoms with Crippen molar-refractivity contribution in [1.29, 1.82) is 5.26 Å². The molecule has 0 radical (unpaired) electrons. The van der Waals surface area contributed by atoms with Crippen LogP contribution in [-0.4, -0.2) is 68.9 Å². The van der Waals surface area contributed by atoms with E-state index in [9.17, 15) is 10.1 Å². The van der Waals surface area contributed by atoms with Crippen LogP contribution in [-0.2, 0) is 16.1 Å². The Morgan fingerprint density at radius 1 is 1.23 bits per heavy atom. The first-order chi connectivity index (χ1) is 21.2. The minimum Gasteiger partial charge on any atom is -0.457 e. The van der Waals surface area contributed by atoms with Crippen molar-refractivity contribution in [3.05, 3.63) is 72.3 Å². The molecular weight excluding hydrogens is 563 g/mol. The van der Waals surface area contributed by atoms with Crippen LogP contribution in [0, 0.1) is 17.1 Å². The Balaban J connectivity index is 1.42. The van der Waals surface area contributed by atoms with Crippen LogP contribution < -0.4 is 15.8 Å². The molecule has 4 aromatic rings. The number of benzene rings is 2. The second-order valence-corrected chi connectivity index (χ2v) is 11.2. The first kappa shape index (κ1) is 30.6. The van der Waals surface area contributed by atoms with Crippen LogP contribution in [0.5, 0.6) is 11.5 Å². The molecule has 228 valence electrons. The highest BCUT2D eigenvalue weighted by Gasteiger charge is 2.33. The number of carbonyl (C=O) groups is 1. The van der Waals surface area contributed by atoms with E-state index in [0.717, 1.165) is 6.42 Å². The van der Waals surface area contributed by atoms with Crippen LogP contribution in [0.2, 0.25) is 0 Å². The van der Waals surface area contributed by atoms with E-state index in [0.29, 0.717) is 54.3 Å². The molecule has 1 fully saturated rings. The van der Waals surface area contributed by atoms with Gasteiger partial charge in [0.2, 0.25) is 0 Å². The molecule has 1 atom stereocenters. The number of anilines is 1. The fraction of sp³-hybridized carbons (Fsp3) is 0.344. The highest BCUT2D eigenvalue weighted by atomic mass is 19.1. The second kappa shape index (κ2) is 13.2. The molecule has 1 aliphatic rings. The maximum absolute atomic E-state index is 15.5. The van der Waals surface area contributed by atoms with Crippen molar-refractivity contribution in [3.8, 4) is 28.8 Å². The number of hydrogen-bond acceptors (Lipinski definition) is 9. The minimum atomic E-state index is -0.595. The van der Waals surface area contributed by atoms with Crippen LogP contribution in [0.3, 0.4) is 0 Å². The molecular formula is C32H35FN8O3. The quantitative estimate of drug-likeness (QED) is 0.145. The van der Waals surface area contributed by atoms with Gasteiger partial charge in [-0.05, 0) is 57.0 Å². The van der Waals surface area contributed by atoms with E-state index in [2.05, 4.69) is 21.4 Å². The molecule has 0 saturated carbocycles. The summed E-state index contributed by atoms with van der Waals surface area (Å²) in [7, 11) is 1.61. The van der Waals surface area contributed by atoms with Crippen molar-refractivity contribution in [2.75, 3.05) is 32.5 Å². The third kappa shape index (κ3) is 6.69. The van der Waals surface area contributed by atoms with Gasteiger partial charge in [-0.3, -0.25) is 4.79 Å². The van der Waals surface area contributed by atoms with Crippen LogP contribution >= 0.6 is 0 Å². The fourth-order valence-corrected chi connectivity index (χ4v) is 5.40. The molecule has 5 rings (SSSR count). The lowest BCUT2D eigenvalue weighted by molar-refractivity contribution is -0.127. The van der Waals surface area contributed by atoms with Crippen molar-refractivity contribution in [1.82, 2.24) is 30.0 Å². The van der Waals surface area contributed by atoms with Gasteiger partial charge in [-0.2, -0.15) is 10.4 Å². The topological polar surface area (TPSA) is 144 Å². The van der Waals surface area contributed by atoms with E-state index in [1.807, 2.05) is 32.0 Å². The number of methoxy groups -OCH3 is 1. The third-order valence-corrected chi connectivity index (χ3v) is 7.50. The molecule has 3 heterocycles. The molecule has 0 unspecified atom stereocenters. The van der Waals surface area contributed by atoms with Crippen LogP contribution in [0.4, 0.5) is 10.2 Å². The summed E-state index contributed by atoms with van der Waals surface area (Å²) in [4.78, 5) is 23.8. The standard InChI is InChI=1S/C32H35FN8O3/c1-32(2,38-13-15-43-3)17-21(18-34)31(42)40-14-7-8-22(40)19-41-30-27(29(35)36-20-37-30)28(39-41)25-12-11-24(16-26(25)33)44-23-9-5-4-6-10-23/h4-6,9-12,16-17,20,22,38H,7-8,13-15,19H2,1-3H3,(H2,35,36,37)/t22-/m1/s1. The predicted molar refractivity (Wildman–Crippen MR) is 164 cm³/mol. The zero-order chi connectivity index (χ0) is 31.3. The predicted octanol–water partition coefficient (Wildman–Crippen LogP) is 4.46. The molecule has 11 nitrogen and oxygen atoms in total. The Morgan fingerprint density at radius 3 is 2.75 bits per heavy atom. The van der Waals surface area contributed by atoms with Gasteiger partial charge in [0.15, 0.2) is 5.65 Å². The average molecular weight is 599 g/mol. The summed E-state index contributed by atoms with van der Waals surface area (Å²) in [5, 5.41) is 18.3. The van der Waals surface area contributed by atoms with E-state index >= 15 is 4.39 Å². The van der Waals surface area contributed by atoms with Gasteiger partial charge in [0, 0.05) is 37.4 Å². The molecule has 2 aromatic heterocycles. The molecule has 3 N–H and O–H groups in total. The minimum absolute atomic E-state index is 0.0595. The number of ether oxygens (including phenoxy) is 2. The van der Waals surface area contributed by atoms with Crippen molar-refractivity contribution >= 4 is 22.8 Å². The number of hydrogen-bond donors (Lipinski definition) is 2. The zero-order valence-corrected chi connectivity index (χ0v) is 25.0. The number of carbonyl (C=O) groups excluding carboxylic acids is 1. The molecule has 0 spiro atoms. The van der Waals surface area contributed by atoms with Gasteiger partial charge < -0.3 is 25.4 Å². The Kier molecular flexibility index (Phi) is 9.18. The van der Waals surface area contributed by atoms with Crippen LogP contribution in [0.1, 0.15) is 26.7 Å². The summed E-state index contributed by atoms with van der Waals surface area (Å²) >= 11 is 0.